The van der Waals surface area contributed by atoms with E-state index >= 15 is 0 Å². The van der Waals surface area contributed by atoms with Crippen LogP contribution in [0.2, 0.25) is 0 Å². The highest BCUT2D eigenvalue weighted by atomic mass is 19.1. The first-order valence-corrected chi connectivity index (χ1v) is 8.38. The standard InChI is InChI=1S/C18H23FN2O2/c19-17-5-3-15(4-6-17)18(22-13-14-23-18)16-7-11-21(12-8-16)10-2-1-9-20/h3-6,16H,1-2,7-8,10-14H2. The van der Waals surface area contributed by atoms with Crippen LogP contribution in [0, 0.1) is 23.1 Å². The lowest BCUT2D eigenvalue weighted by Crippen LogP contribution is -2.44. The number of hydrogen-bond donors (Lipinski definition) is 0. The molecule has 2 saturated heterocycles. The largest absolute Gasteiger partial charge is 0.343 e. The first kappa shape index (κ1) is 16.4. The van der Waals surface area contributed by atoms with Crippen molar-refractivity contribution in [2.45, 2.75) is 31.5 Å². The van der Waals surface area contributed by atoms with Crippen molar-refractivity contribution in [2.24, 2.45) is 5.92 Å². The van der Waals surface area contributed by atoms with E-state index in [0.29, 0.717) is 19.6 Å². The summed E-state index contributed by atoms with van der Waals surface area (Å²) < 4.78 is 25.3. The molecular weight excluding hydrogens is 295 g/mol. The molecule has 2 heterocycles. The van der Waals surface area contributed by atoms with E-state index in [0.717, 1.165) is 44.5 Å². The Labute approximate surface area is 136 Å². The minimum absolute atomic E-state index is 0.241. The molecule has 0 unspecified atom stereocenters. The zero-order valence-electron chi connectivity index (χ0n) is 13.3. The van der Waals surface area contributed by atoms with Gasteiger partial charge in [0, 0.05) is 17.9 Å². The molecule has 0 saturated carbocycles. The minimum atomic E-state index is -0.716. The van der Waals surface area contributed by atoms with Gasteiger partial charge in [0.1, 0.15) is 5.82 Å². The molecule has 23 heavy (non-hydrogen) atoms. The van der Waals surface area contributed by atoms with E-state index < -0.39 is 5.79 Å². The van der Waals surface area contributed by atoms with E-state index in [1.54, 1.807) is 12.1 Å². The summed E-state index contributed by atoms with van der Waals surface area (Å²) in [7, 11) is 0. The smallest absolute Gasteiger partial charge is 0.197 e. The highest BCUT2D eigenvalue weighted by Crippen LogP contribution is 2.43. The number of ether oxygens (including phenoxy) is 2. The topological polar surface area (TPSA) is 45.5 Å². The first-order valence-electron chi connectivity index (χ1n) is 8.38. The van der Waals surface area contributed by atoms with Crippen LogP contribution in [0.4, 0.5) is 4.39 Å². The Kier molecular flexibility index (Phi) is 5.27. The molecule has 0 aromatic heterocycles. The zero-order chi connectivity index (χ0) is 16.1. The number of nitrogens with zero attached hydrogens (tertiary/aromatic N) is 2. The molecule has 0 radical (unpaired) electrons. The number of halogens is 1. The van der Waals surface area contributed by atoms with Gasteiger partial charge in [0.05, 0.1) is 19.3 Å². The summed E-state index contributed by atoms with van der Waals surface area (Å²) in [4.78, 5) is 2.40. The molecular formula is C18H23FN2O2. The molecule has 2 fully saturated rings. The number of nitriles is 1. The van der Waals surface area contributed by atoms with E-state index in [-0.39, 0.29) is 11.7 Å². The fourth-order valence-electron chi connectivity index (χ4n) is 3.67. The molecule has 0 bridgehead atoms. The summed E-state index contributed by atoms with van der Waals surface area (Å²) in [5.74, 6) is -0.677. The summed E-state index contributed by atoms with van der Waals surface area (Å²) in [5.41, 5.74) is 0.916. The van der Waals surface area contributed by atoms with E-state index in [1.807, 2.05) is 0 Å². The molecule has 0 aliphatic carbocycles. The Morgan fingerprint density at radius 1 is 1.17 bits per heavy atom. The van der Waals surface area contributed by atoms with Crippen LogP contribution in [0.25, 0.3) is 0 Å². The molecule has 1 aromatic carbocycles. The normalized spacial score (nSPS) is 22.1. The van der Waals surface area contributed by atoms with Crippen molar-refractivity contribution in [2.75, 3.05) is 32.8 Å². The van der Waals surface area contributed by atoms with Gasteiger partial charge in [-0.25, -0.2) is 4.39 Å². The van der Waals surface area contributed by atoms with Gasteiger partial charge < -0.3 is 14.4 Å². The van der Waals surface area contributed by atoms with Gasteiger partial charge in [0.2, 0.25) is 0 Å². The summed E-state index contributed by atoms with van der Waals surface area (Å²) in [6.45, 7) is 4.13. The number of benzene rings is 1. The number of piperidine rings is 1. The lowest BCUT2D eigenvalue weighted by molar-refractivity contribution is -0.214. The summed E-state index contributed by atoms with van der Waals surface area (Å²) >= 11 is 0. The Balaban J connectivity index is 1.66. The molecule has 4 nitrogen and oxygen atoms in total. The molecule has 0 atom stereocenters. The number of rotatable bonds is 5. The van der Waals surface area contributed by atoms with Gasteiger partial charge in [0.15, 0.2) is 5.79 Å². The lowest BCUT2D eigenvalue weighted by atomic mass is 9.84. The van der Waals surface area contributed by atoms with Gasteiger partial charge in [-0.2, -0.15) is 5.26 Å². The molecule has 124 valence electrons. The molecule has 5 heteroatoms. The average molecular weight is 318 g/mol. The minimum Gasteiger partial charge on any atom is -0.343 e. The predicted molar refractivity (Wildman–Crippen MR) is 84.0 cm³/mol. The van der Waals surface area contributed by atoms with Crippen molar-refractivity contribution < 1.29 is 13.9 Å². The monoisotopic (exact) mass is 318 g/mol. The van der Waals surface area contributed by atoms with E-state index in [1.165, 1.54) is 12.1 Å². The highest BCUT2D eigenvalue weighted by molar-refractivity contribution is 5.23. The quantitative estimate of drug-likeness (QED) is 0.783. The maximum absolute atomic E-state index is 13.2. The van der Waals surface area contributed by atoms with E-state index in [9.17, 15) is 4.39 Å². The molecule has 0 spiro atoms. The maximum Gasteiger partial charge on any atom is 0.197 e. The van der Waals surface area contributed by atoms with Crippen LogP contribution in [0.5, 0.6) is 0 Å². The van der Waals surface area contributed by atoms with Crippen LogP contribution in [0.1, 0.15) is 31.2 Å². The van der Waals surface area contributed by atoms with Crippen LogP contribution in [0.15, 0.2) is 24.3 Å². The third-order valence-corrected chi connectivity index (χ3v) is 4.85. The first-order chi connectivity index (χ1) is 11.2. The second kappa shape index (κ2) is 7.39. The van der Waals surface area contributed by atoms with Gasteiger partial charge in [-0.3, -0.25) is 0 Å². The van der Waals surface area contributed by atoms with E-state index in [4.69, 9.17) is 14.7 Å². The number of likely N-dealkylation sites (tertiary alicyclic amines) is 1. The fourth-order valence-corrected chi connectivity index (χ4v) is 3.67. The van der Waals surface area contributed by atoms with Gasteiger partial charge in [-0.1, -0.05) is 12.1 Å². The summed E-state index contributed by atoms with van der Waals surface area (Å²) in [6.07, 6.45) is 3.52. The van der Waals surface area contributed by atoms with Crippen LogP contribution >= 0.6 is 0 Å². The fraction of sp³-hybridized carbons (Fsp3) is 0.611. The molecule has 2 aliphatic heterocycles. The summed E-state index contributed by atoms with van der Waals surface area (Å²) in [5, 5.41) is 8.63. The number of hydrogen-bond acceptors (Lipinski definition) is 4. The van der Waals surface area contributed by atoms with Crippen LogP contribution in [0.3, 0.4) is 0 Å². The number of unbranched alkanes of at least 4 members (excludes halogenated alkanes) is 1. The van der Waals surface area contributed by atoms with Crippen molar-refractivity contribution in [1.82, 2.24) is 4.90 Å². The molecule has 2 aliphatic rings. The van der Waals surface area contributed by atoms with Gasteiger partial charge in [0.25, 0.3) is 0 Å². The second-order valence-electron chi connectivity index (χ2n) is 6.25. The Hall–Kier alpha value is -1.48. The molecule has 0 N–H and O–H groups in total. The second-order valence-corrected chi connectivity index (χ2v) is 6.25. The maximum atomic E-state index is 13.2. The third-order valence-electron chi connectivity index (χ3n) is 4.85. The van der Waals surface area contributed by atoms with Gasteiger partial charge >= 0.3 is 0 Å². The predicted octanol–water partition coefficient (Wildman–Crippen LogP) is 3.04. The van der Waals surface area contributed by atoms with Crippen molar-refractivity contribution in [1.29, 1.82) is 5.26 Å². The van der Waals surface area contributed by atoms with Crippen molar-refractivity contribution >= 4 is 0 Å². The molecule has 3 rings (SSSR count). The Morgan fingerprint density at radius 2 is 1.83 bits per heavy atom. The Morgan fingerprint density at radius 3 is 2.43 bits per heavy atom. The lowest BCUT2D eigenvalue weighted by Gasteiger charge is -2.41. The molecule has 1 aromatic rings. The SMILES string of the molecule is N#CCCCN1CCC(C2(c3ccc(F)cc3)OCCO2)CC1. The van der Waals surface area contributed by atoms with Crippen molar-refractivity contribution in [3.05, 3.63) is 35.6 Å². The average Bonchev–Trinajstić information content (AvgIpc) is 3.07. The van der Waals surface area contributed by atoms with Crippen LogP contribution in [-0.2, 0) is 15.3 Å². The van der Waals surface area contributed by atoms with Gasteiger partial charge in [-0.05, 0) is 51.0 Å². The highest BCUT2D eigenvalue weighted by Gasteiger charge is 2.46. The van der Waals surface area contributed by atoms with Crippen LogP contribution in [-0.4, -0.2) is 37.7 Å². The summed E-state index contributed by atoms with van der Waals surface area (Å²) in [6, 6.07) is 8.69. The van der Waals surface area contributed by atoms with E-state index in [2.05, 4.69) is 11.0 Å². The zero-order valence-corrected chi connectivity index (χ0v) is 13.3. The Bertz CT molecular complexity index is 541. The molecule has 0 amide bonds. The van der Waals surface area contributed by atoms with Crippen molar-refractivity contribution in [3.63, 3.8) is 0 Å². The van der Waals surface area contributed by atoms with Crippen molar-refractivity contribution in [3.8, 4) is 6.07 Å². The third kappa shape index (κ3) is 3.55. The van der Waals surface area contributed by atoms with Gasteiger partial charge in [-0.15, -0.1) is 0 Å². The van der Waals surface area contributed by atoms with Crippen LogP contribution < -0.4 is 0 Å².